The van der Waals surface area contributed by atoms with Gasteiger partial charge in [-0.1, -0.05) is 12.1 Å². The molecule has 5 aromatic rings. The second-order valence-electron chi connectivity index (χ2n) is 11.6. The third kappa shape index (κ3) is 6.16. The van der Waals surface area contributed by atoms with Crippen LogP contribution in [0, 0.1) is 11.6 Å². The molecule has 240 valence electrons. The van der Waals surface area contributed by atoms with Crippen LogP contribution in [0.3, 0.4) is 0 Å². The summed E-state index contributed by atoms with van der Waals surface area (Å²) >= 11 is 1.60. The number of hydrogen-bond acceptors (Lipinski definition) is 8. The highest BCUT2D eigenvalue weighted by Gasteiger charge is 2.45. The lowest BCUT2D eigenvalue weighted by molar-refractivity contribution is -0.138. The van der Waals surface area contributed by atoms with Crippen molar-refractivity contribution >= 4 is 45.3 Å². The first kappa shape index (κ1) is 30.8. The number of benzene rings is 2. The molecule has 3 aromatic heterocycles. The van der Waals surface area contributed by atoms with Gasteiger partial charge in [-0.25, -0.2) is 13.8 Å². The molecule has 0 bridgehead atoms. The van der Waals surface area contributed by atoms with E-state index < -0.39 is 17.2 Å². The Kier molecular flexibility index (Phi) is 8.35. The summed E-state index contributed by atoms with van der Waals surface area (Å²) in [5.74, 6) is -2.24. The number of methoxy groups -OCH3 is 1. The second-order valence-corrected chi connectivity index (χ2v) is 12.7. The molecule has 0 spiro atoms. The zero-order chi connectivity index (χ0) is 32.5. The topological polar surface area (TPSA) is 116 Å². The number of likely N-dealkylation sites (tertiary alicyclic amines) is 1. The van der Waals surface area contributed by atoms with Crippen LogP contribution in [0.5, 0.6) is 0 Å². The van der Waals surface area contributed by atoms with Gasteiger partial charge < -0.3 is 15.0 Å². The van der Waals surface area contributed by atoms with Crippen molar-refractivity contribution in [3.8, 4) is 21.8 Å². The number of amides is 2. The van der Waals surface area contributed by atoms with Crippen LogP contribution in [0.1, 0.15) is 17.8 Å². The summed E-state index contributed by atoms with van der Waals surface area (Å²) in [5.41, 5.74) is 2.90. The Morgan fingerprint density at radius 3 is 2.74 bits per heavy atom. The normalized spacial score (nSPS) is 18.4. The lowest BCUT2D eigenvalue weighted by atomic mass is 10.0. The van der Waals surface area contributed by atoms with E-state index >= 15 is 0 Å². The highest BCUT2D eigenvalue weighted by Crippen LogP contribution is 2.33. The number of rotatable bonds is 8. The van der Waals surface area contributed by atoms with Gasteiger partial charge in [-0.15, -0.1) is 11.3 Å². The van der Waals surface area contributed by atoms with Crippen molar-refractivity contribution in [3.63, 3.8) is 0 Å². The summed E-state index contributed by atoms with van der Waals surface area (Å²) in [6.07, 6.45) is 6.80. The average molecular weight is 656 g/mol. The Morgan fingerprint density at radius 2 is 1.98 bits per heavy atom. The lowest BCUT2D eigenvalue weighted by Gasteiger charge is -2.29. The van der Waals surface area contributed by atoms with Crippen LogP contribution in [-0.2, 0) is 14.3 Å². The number of carbonyl (C=O) groups excluding carboxylic acids is 2. The standard InChI is InChI=1S/C34H31F2N7O3S/c1-46-34(33(45)39-23-6-8-27-24(17-23)31(41-40-27)22-5-7-25(35)26(36)16-22)11-15-42(20-34)19-30(44)43-13-9-21(10-14-43)32-38-18-29(47-32)28-4-2-3-12-37-28/h2-9,12,16-18H,10-11,13-15,19-20H2,1H3,(H,39,45)(H,40,41)/t34-/m0/s1. The smallest absolute Gasteiger partial charge is 0.258 e. The number of nitrogens with one attached hydrogen (secondary N) is 2. The predicted octanol–water partition coefficient (Wildman–Crippen LogP) is 5.37. The van der Waals surface area contributed by atoms with E-state index in [2.05, 4.69) is 31.6 Å². The van der Waals surface area contributed by atoms with Gasteiger partial charge in [0, 0.05) is 62.3 Å². The van der Waals surface area contributed by atoms with Crippen LogP contribution >= 0.6 is 11.3 Å². The molecule has 47 heavy (non-hydrogen) atoms. The molecule has 0 aliphatic carbocycles. The molecular weight excluding hydrogens is 624 g/mol. The molecule has 0 unspecified atom stereocenters. The van der Waals surface area contributed by atoms with Crippen LogP contribution in [0.25, 0.3) is 38.3 Å². The largest absolute Gasteiger partial charge is 0.367 e. The first-order valence-electron chi connectivity index (χ1n) is 15.2. The summed E-state index contributed by atoms with van der Waals surface area (Å²) in [4.78, 5) is 40.6. The second kappa shape index (κ2) is 12.7. The number of aromatic nitrogens is 4. The monoisotopic (exact) mass is 655 g/mol. The molecule has 5 heterocycles. The van der Waals surface area contributed by atoms with Crippen molar-refractivity contribution in [2.75, 3.05) is 45.2 Å². The highest BCUT2D eigenvalue weighted by molar-refractivity contribution is 7.16. The number of thiazole rings is 1. The number of anilines is 1. The van der Waals surface area contributed by atoms with Gasteiger partial charge in [-0.05, 0) is 66.9 Å². The van der Waals surface area contributed by atoms with Crippen molar-refractivity contribution in [2.24, 2.45) is 0 Å². The summed E-state index contributed by atoms with van der Waals surface area (Å²) in [7, 11) is 1.50. The van der Waals surface area contributed by atoms with E-state index in [0.717, 1.165) is 33.3 Å². The summed E-state index contributed by atoms with van der Waals surface area (Å²) in [6.45, 7) is 2.06. The molecule has 0 saturated carbocycles. The number of H-pyrrole nitrogens is 1. The van der Waals surface area contributed by atoms with E-state index in [9.17, 15) is 18.4 Å². The van der Waals surface area contributed by atoms with E-state index in [0.29, 0.717) is 60.3 Å². The molecule has 1 saturated heterocycles. The van der Waals surface area contributed by atoms with Gasteiger partial charge in [0.15, 0.2) is 17.2 Å². The van der Waals surface area contributed by atoms with Crippen LogP contribution in [0.4, 0.5) is 14.5 Å². The van der Waals surface area contributed by atoms with Crippen molar-refractivity contribution < 1.29 is 23.1 Å². The maximum absolute atomic E-state index is 13.9. The molecule has 2 amide bonds. The van der Waals surface area contributed by atoms with E-state index in [-0.39, 0.29) is 24.9 Å². The zero-order valence-corrected chi connectivity index (χ0v) is 26.3. The van der Waals surface area contributed by atoms with Crippen molar-refractivity contribution in [3.05, 3.63) is 89.7 Å². The molecule has 2 aromatic carbocycles. The van der Waals surface area contributed by atoms with Gasteiger partial charge in [-0.3, -0.25) is 24.6 Å². The SMILES string of the molecule is CO[C@@]1(C(=O)Nc2ccc3[nH]nc(-c4ccc(F)c(F)c4)c3c2)CCN(CC(=O)N2CC=C(c3ncc(-c4ccccn4)s3)CC2)C1. The summed E-state index contributed by atoms with van der Waals surface area (Å²) < 4.78 is 33.2. The van der Waals surface area contributed by atoms with Crippen LogP contribution in [0.15, 0.2) is 73.1 Å². The van der Waals surface area contributed by atoms with E-state index in [1.165, 1.54) is 13.2 Å². The summed E-state index contributed by atoms with van der Waals surface area (Å²) in [6, 6.07) is 14.6. The molecular formula is C34H31F2N7O3S. The maximum Gasteiger partial charge on any atom is 0.258 e. The predicted molar refractivity (Wildman–Crippen MR) is 175 cm³/mol. The Labute approximate surface area is 273 Å². The molecule has 2 aliphatic heterocycles. The fourth-order valence-electron chi connectivity index (χ4n) is 6.07. The van der Waals surface area contributed by atoms with E-state index in [4.69, 9.17) is 4.74 Å². The van der Waals surface area contributed by atoms with Crippen molar-refractivity contribution in [2.45, 2.75) is 18.4 Å². The van der Waals surface area contributed by atoms with Crippen molar-refractivity contribution in [1.82, 2.24) is 30.0 Å². The number of nitrogens with zero attached hydrogens (tertiary/aromatic N) is 5. The molecule has 2 aliphatic rings. The molecule has 10 nitrogen and oxygen atoms in total. The minimum absolute atomic E-state index is 0.00362. The highest BCUT2D eigenvalue weighted by atomic mass is 32.1. The number of carbonyl (C=O) groups is 2. The minimum atomic E-state index is -1.14. The maximum atomic E-state index is 13.9. The van der Waals surface area contributed by atoms with Gasteiger partial charge in [0.2, 0.25) is 5.91 Å². The Balaban J connectivity index is 0.973. The first-order valence-corrected chi connectivity index (χ1v) is 16.0. The van der Waals surface area contributed by atoms with E-state index in [1.54, 1.807) is 35.7 Å². The van der Waals surface area contributed by atoms with Gasteiger partial charge >= 0.3 is 0 Å². The average Bonchev–Trinajstić information content (AvgIpc) is 3.86. The van der Waals surface area contributed by atoms with Crippen LogP contribution < -0.4 is 5.32 Å². The molecule has 13 heteroatoms. The quantitative estimate of drug-likeness (QED) is 0.231. The number of hydrogen-bond donors (Lipinski definition) is 2. The van der Waals surface area contributed by atoms with Crippen LogP contribution in [-0.4, -0.2) is 87.2 Å². The lowest BCUT2D eigenvalue weighted by Crippen LogP contribution is -2.48. The zero-order valence-electron chi connectivity index (χ0n) is 25.5. The number of aromatic amines is 1. The molecule has 1 atom stereocenters. The van der Waals surface area contributed by atoms with Gasteiger partial charge in [0.1, 0.15) is 10.7 Å². The number of halogens is 2. The third-order valence-electron chi connectivity index (χ3n) is 8.75. The molecule has 0 radical (unpaired) electrons. The molecule has 1 fully saturated rings. The van der Waals surface area contributed by atoms with E-state index in [1.807, 2.05) is 34.2 Å². The number of pyridine rings is 1. The number of ether oxygens (including phenoxy) is 1. The van der Waals surface area contributed by atoms with Crippen molar-refractivity contribution in [1.29, 1.82) is 0 Å². The minimum Gasteiger partial charge on any atom is -0.367 e. The fourth-order valence-corrected chi connectivity index (χ4v) is 7.03. The Hall–Kier alpha value is -4.85. The van der Waals surface area contributed by atoms with Gasteiger partial charge in [-0.2, -0.15) is 5.10 Å². The van der Waals surface area contributed by atoms with Crippen LogP contribution in [0.2, 0.25) is 0 Å². The number of fused-ring (bicyclic) bond motifs is 1. The third-order valence-corrected chi connectivity index (χ3v) is 9.84. The Bertz CT molecular complexity index is 2000. The van der Waals surface area contributed by atoms with Gasteiger partial charge in [0.05, 0.1) is 22.6 Å². The molecule has 2 N–H and O–H groups in total. The Morgan fingerprint density at radius 1 is 1.09 bits per heavy atom. The first-order chi connectivity index (χ1) is 22.8. The summed E-state index contributed by atoms with van der Waals surface area (Å²) in [5, 5.41) is 11.7. The van der Waals surface area contributed by atoms with Gasteiger partial charge in [0.25, 0.3) is 5.91 Å². The fraction of sp³-hybridized carbons (Fsp3) is 0.265. The molecule has 7 rings (SSSR count).